The highest BCUT2D eigenvalue weighted by Crippen LogP contribution is 2.28. The second-order valence-corrected chi connectivity index (χ2v) is 6.55. The Morgan fingerprint density at radius 2 is 2.00 bits per heavy atom. The number of fused-ring (bicyclic) bond motifs is 1. The molecule has 0 aliphatic carbocycles. The minimum Gasteiger partial charge on any atom is -0.485 e. The summed E-state index contributed by atoms with van der Waals surface area (Å²) >= 11 is 0. The summed E-state index contributed by atoms with van der Waals surface area (Å²) in [4.78, 5) is 18.1. The summed E-state index contributed by atoms with van der Waals surface area (Å²) in [6, 6.07) is 5.47. The average Bonchev–Trinajstić information content (AvgIpc) is 2.78. The van der Waals surface area contributed by atoms with Gasteiger partial charge in [-0.3, -0.25) is 4.57 Å². The van der Waals surface area contributed by atoms with Crippen LogP contribution in [0.25, 0.3) is 0 Å². The van der Waals surface area contributed by atoms with E-state index in [0.717, 1.165) is 18.0 Å². The van der Waals surface area contributed by atoms with Gasteiger partial charge in [-0.2, -0.15) is 4.98 Å². The third-order valence-corrected chi connectivity index (χ3v) is 4.41. The van der Waals surface area contributed by atoms with E-state index in [1.54, 1.807) is 26.3 Å². The monoisotopic (exact) mass is 331 g/mol. The van der Waals surface area contributed by atoms with Crippen LogP contribution in [0.15, 0.2) is 29.1 Å². The number of likely N-dealkylation sites (N-methyl/N-ethyl adjacent to an activating group) is 1. The molecule has 0 unspecified atom stereocenters. The molecule has 0 radical (unpaired) electrons. The van der Waals surface area contributed by atoms with Crippen LogP contribution in [0, 0.1) is 11.6 Å². The molecule has 1 aliphatic heterocycles. The van der Waals surface area contributed by atoms with Crippen molar-refractivity contribution in [3.05, 3.63) is 51.9 Å². The van der Waals surface area contributed by atoms with E-state index in [4.69, 9.17) is 4.74 Å². The van der Waals surface area contributed by atoms with Crippen LogP contribution in [0.4, 0.5) is 14.6 Å². The third-order valence-electron chi connectivity index (χ3n) is 4.41. The summed E-state index contributed by atoms with van der Waals surface area (Å²) < 4.78 is 34.0. The van der Waals surface area contributed by atoms with Gasteiger partial charge in [-0.1, -0.05) is 6.07 Å². The Hall–Kier alpha value is -2.31. The van der Waals surface area contributed by atoms with Crippen LogP contribution >= 0.6 is 0 Å². The first-order valence-corrected chi connectivity index (χ1v) is 7.68. The van der Waals surface area contributed by atoms with Crippen LogP contribution in [0.3, 0.4) is 0 Å². The highest BCUT2D eigenvalue weighted by atomic mass is 19.2. The first kappa shape index (κ1) is 16.5. The van der Waals surface area contributed by atoms with Crippen molar-refractivity contribution in [3.63, 3.8) is 0 Å². The molecule has 2 aromatic rings. The Kier molecular flexibility index (Phi) is 3.89. The lowest BCUT2D eigenvalue weighted by Gasteiger charge is -2.27. The molecule has 9 heteroatoms. The summed E-state index contributed by atoms with van der Waals surface area (Å²) in [5.41, 5.74) is 0.0605. The van der Waals surface area contributed by atoms with Gasteiger partial charge < -0.3 is 9.64 Å². The largest absolute Gasteiger partial charge is 0.485 e. The summed E-state index contributed by atoms with van der Waals surface area (Å²) in [5.74, 6) is -0.987. The molecule has 0 spiro atoms. The molecule has 3 rings (SSSR count). The smallest absolute Gasteiger partial charge is 0.352 e. The minimum atomic E-state index is -0.977. The van der Waals surface area contributed by atoms with Crippen molar-refractivity contribution in [2.24, 2.45) is 0 Å². The maximum atomic E-state index is 13.5. The van der Waals surface area contributed by atoms with Crippen molar-refractivity contribution in [2.45, 2.75) is 24.9 Å². The number of hydrogen-bond donors (Lipinski definition) is 0. The zero-order valence-corrected chi connectivity index (χ0v) is 14.0. The molecule has 5 nitrogen and oxygen atoms in total. The van der Waals surface area contributed by atoms with E-state index in [9.17, 15) is 13.6 Å². The minimum absolute atomic E-state index is 0.155. The predicted molar refractivity (Wildman–Crippen MR) is 92.1 cm³/mol. The van der Waals surface area contributed by atoms with Crippen molar-refractivity contribution >= 4 is 21.5 Å². The molecule has 0 saturated carbocycles. The molecule has 0 N–H and O–H groups in total. The molecule has 1 atom stereocenters. The topological polar surface area (TPSA) is 47.4 Å². The van der Waals surface area contributed by atoms with Crippen LogP contribution in [0.2, 0.25) is 0 Å². The molecule has 0 fully saturated rings. The quantitative estimate of drug-likeness (QED) is 0.732. The number of anilines is 1. The van der Waals surface area contributed by atoms with Gasteiger partial charge in [0.2, 0.25) is 5.88 Å². The lowest BCUT2D eigenvalue weighted by molar-refractivity contribution is 0.232. The van der Waals surface area contributed by atoms with Gasteiger partial charge in [0, 0.05) is 25.7 Å². The fourth-order valence-electron chi connectivity index (χ4n) is 2.79. The van der Waals surface area contributed by atoms with Gasteiger partial charge in [-0.25, -0.2) is 13.6 Å². The first-order chi connectivity index (χ1) is 11.2. The number of benzene rings is 1. The second kappa shape index (κ2) is 5.65. The van der Waals surface area contributed by atoms with Gasteiger partial charge >= 0.3 is 5.69 Å². The van der Waals surface area contributed by atoms with Crippen molar-refractivity contribution in [1.82, 2.24) is 9.55 Å². The second-order valence-electron chi connectivity index (χ2n) is 6.55. The number of rotatable bonds is 3. The number of nitrogens with zero attached hydrogens (tertiary/aromatic N) is 3. The predicted octanol–water partition coefficient (Wildman–Crippen LogP) is -0.185. The lowest BCUT2D eigenvalue weighted by Crippen LogP contribution is -2.35. The van der Waals surface area contributed by atoms with Gasteiger partial charge in [-0.15, -0.1) is 0 Å². The SMILES string of the molecule is BC(B)(Oc1cc2n(c(=O)n1)C[C@H](C)N2C)c1ccc(F)c(F)c1. The Labute approximate surface area is 140 Å². The maximum Gasteiger partial charge on any atom is 0.352 e. The van der Waals surface area contributed by atoms with Crippen LogP contribution < -0.4 is 15.3 Å². The van der Waals surface area contributed by atoms with E-state index in [2.05, 4.69) is 4.98 Å². The number of hydrogen-bond acceptors (Lipinski definition) is 4. The van der Waals surface area contributed by atoms with Crippen LogP contribution in [0.5, 0.6) is 5.88 Å². The Morgan fingerprint density at radius 3 is 2.67 bits per heavy atom. The molecule has 2 heterocycles. The number of ether oxygens (including phenoxy) is 1. The van der Waals surface area contributed by atoms with E-state index in [0.29, 0.717) is 12.1 Å². The van der Waals surface area contributed by atoms with Crippen LogP contribution in [-0.2, 0) is 11.9 Å². The van der Waals surface area contributed by atoms with E-state index in [1.165, 1.54) is 6.07 Å². The average molecular weight is 331 g/mol. The Morgan fingerprint density at radius 1 is 1.29 bits per heavy atom. The summed E-state index contributed by atoms with van der Waals surface area (Å²) in [5, 5.41) is -0.977. The Balaban J connectivity index is 1.95. The lowest BCUT2D eigenvalue weighted by atomic mass is 9.61. The standard InChI is InChI=1S/C15H17B2F2N3O2/c1-8-7-22-13(21(8)2)6-12(20-14(22)23)24-15(16,17)9-3-4-10(18)11(19)5-9/h3-6,8H,7,16-17H2,1-2H3/t8-/m0/s1. The molecule has 0 bridgehead atoms. The molecule has 1 aromatic heterocycles. The van der Waals surface area contributed by atoms with Gasteiger partial charge in [0.25, 0.3) is 0 Å². The van der Waals surface area contributed by atoms with E-state index in [1.807, 2.05) is 18.9 Å². The van der Waals surface area contributed by atoms with Crippen molar-refractivity contribution in [2.75, 3.05) is 11.9 Å². The van der Waals surface area contributed by atoms with E-state index < -0.39 is 17.0 Å². The van der Waals surface area contributed by atoms with E-state index in [-0.39, 0.29) is 17.6 Å². The van der Waals surface area contributed by atoms with E-state index >= 15 is 0 Å². The third kappa shape index (κ3) is 2.79. The van der Waals surface area contributed by atoms with Gasteiger partial charge in [0.1, 0.15) is 5.82 Å². The van der Waals surface area contributed by atoms with Gasteiger partial charge in [0.15, 0.2) is 27.3 Å². The van der Waals surface area contributed by atoms with Crippen molar-refractivity contribution in [3.8, 4) is 5.88 Å². The summed E-state index contributed by atoms with van der Waals surface area (Å²) in [7, 11) is 5.31. The maximum absolute atomic E-state index is 13.5. The zero-order valence-electron chi connectivity index (χ0n) is 14.0. The highest BCUT2D eigenvalue weighted by Gasteiger charge is 2.28. The zero-order chi connectivity index (χ0) is 17.6. The fourth-order valence-corrected chi connectivity index (χ4v) is 2.79. The Bertz CT molecular complexity index is 857. The van der Waals surface area contributed by atoms with Crippen LogP contribution in [-0.4, -0.2) is 38.3 Å². The summed E-state index contributed by atoms with van der Waals surface area (Å²) in [6.45, 7) is 2.59. The molecule has 0 amide bonds. The summed E-state index contributed by atoms with van der Waals surface area (Å²) in [6.07, 6.45) is 0. The van der Waals surface area contributed by atoms with Crippen molar-refractivity contribution in [1.29, 1.82) is 0 Å². The molecular weight excluding hydrogens is 314 g/mol. The molecule has 0 saturated heterocycles. The molecule has 1 aliphatic rings. The molecular formula is C15H17B2F2N3O2. The highest BCUT2D eigenvalue weighted by molar-refractivity contribution is 6.39. The number of aromatic nitrogens is 2. The molecule has 1 aromatic carbocycles. The van der Waals surface area contributed by atoms with Gasteiger partial charge in [0.05, 0.1) is 5.40 Å². The van der Waals surface area contributed by atoms with Gasteiger partial charge in [-0.05, 0) is 24.6 Å². The number of halogens is 2. The first-order valence-electron chi connectivity index (χ1n) is 7.68. The molecule has 24 heavy (non-hydrogen) atoms. The van der Waals surface area contributed by atoms with Crippen molar-refractivity contribution < 1.29 is 13.5 Å². The van der Waals surface area contributed by atoms with Crippen LogP contribution in [0.1, 0.15) is 12.5 Å². The molecule has 124 valence electrons. The normalized spacial score (nSPS) is 17.0. The fraction of sp³-hybridized carbons (Fsp3) is 0.333.